The predicted octanol–water partition coefficient (Wildman–Crippen LogP) is 6.20. The van der Waals surface area contributed by atoms with E-state index in [-0.39, 0.29) is 28.1 Å². The first-order chi connectivity index (χ1) is 18.0. The molecule has 0 aromatic heterocycles. The smallest absolute Gasteiger partial charge is 0.255 e. The van der Waals surface area contributed by atoms with E-state index in [1.165, 1.54) is 12.1 Å². The van der Waals surface area contributed by atoms with Crippen molar-refractivity contribution in [1.29, 1.82) is 0 Å². The summed E-state index contributed by atoms with van der Waals surface area (Å²) < 4.78 is 47.4. The quantitative estimate of drug-likeness (QED) is 0.356. The predicted molar refractivity (Wildman–Crippen MR) is 156 cm³/mol. The number of carbonyl (C=O) groups is 1. The molecule has 2 aromatic carbocycles. The Morgan fingerprint density at radius 3 is 2.41 bits per heavy atom. The van der Waals surface area contributed by atoms with Crippen LogP contribution < -0.4 is 5.73 Å². The Morgan fingerprint density at radius 2 is 1.87 bits per heavy atom. The van der Waals surface area contributed by atoms with Crippen LogP contribution in [0.3, 0.4) is 0 Å². The molecule has 1 amide bonds. The van der Waals surface area contributed by atoms with Gasteiger partial charge in [0.05, 0.1) is 26.6 Å². The lowest BCUT2D eigenvalue weighted by atomic mass is 9.85. The zero-order valence-corrected chi connectivity index (χ0v) is 25.4. The molecule has 0 radical (unpaired) electrons. The number of halogens is 3. The van der Waals surface area contributed by atoms with Crippen LogP contribution in [0.15, 0.2) is 42.5 Å². The first-order valence-electron chi connectivity index (χ1n) is 12.8. The van der Waals surface area contributed by atoms with Gasteiger partial charge in [-0.2, -0.15) is 0 Å². The van der Waals surface area contributed by atoms with Crippen molar-refractivity contribution in [2.24, 2.45) is 11.7 Å². The molecular weight excluding hydrogens is 582 g/mol. The van der Waals surface area contributed by atoms with E-state index in [2.05, 4.69) is 0 Å². The molecule has 0 spiro atoms. The molecule has 1 heterocycles. The van der Waals surface area contributed by atoms with E-state index in [0.29, 0.717) is 16.1 Å². The first-order valence-corrected chi connectivity index (χ1v) is 15.6. The number of sulfone groups is 1. The van der Waals surface area contributed by atoms with Crippen molar-refractivity contribution >= 4 is 56.2 Å². The molecule has 2 fully saturated rings. The molecule has 212 valence electrons. The molecule has 2 N–H and O–H groups in total. The fourth-order valence-electron chi connectivity index (χ4n) is 5.11. The summed E-state index contributed by atoms with van der Waals surface area (Å²) in [5.41, 5.74) is 5.49. The van der Waals surface area contributed by atoms with Crippen LogP contribution >= 0.6 is 35.4 Å². The van der Waals surface area contributed by atoms with Crippen LogP contribution in [0.25, 0.3) is 0 Å². The molecule has 2 unspecified atom stereocenters. The number of benzene rings is 2. The highest BCUT2D eigenvalue weighted by Gasteiger charge is 2.56. The zero-order valence-electron chi connectivity index (χ0n) is 22.3. The van der Waals surface area contributed by atoms with Gasteiger partial charge in [-0.05, 0) is 81.8 Å². The zero-order chi connectivity index (χ0) is 28.9. The van der Waals surface area contributed by atoms with Crippen molar-refractivity contribution in [3.63, 3.8) is 0 Å². The topological polar surface area (TPSA) is 89.7 Å². The molecular formula is C28H33Cl2FN2O4S2. The largest absolute Gasteiger partial charge is 0.393 e. The number of rotatable bonds is 8. The Labute approximate surface area is 244 Å². The highest BCUT2D eigenvalue weighted by Crippen LogP contribution is 2.51. The van der Waals surface area contributed by atoms with Crippen LogP contribution in [0, 0.1) is 11.7 Å². The number of ether oxygens (including phenoxy) is 1. The molecule has 0 bridgehead atoms. The van der Waals surface area contributed by atoms with E-state index in [0.717, 1.165) is 12.8 Å². The summed E-state index contributed by atoms with van der Waals surface area (Å²) in [6.45, 7) is 6.54. The number of nitrogens with zero attached hydrogens (tertiary/aromatic N) is 1. The van der Waals surface area contributed by atoms with E-state index >= 15 is 0 Å². The molecule has 39 heavy (non-hydrogen) atoms. The molecule has 11 heteroatoms. The summed E-state index contributed by atoms with van der Waals surface area (Å²) in [5.74, 6) is -1.40. The molecule has 4 rings (SSSR count). The Kier molecular flexibility index (Phi) is 8.43. The maximum absolute atomic E-state index is 14.8. The highest BCUT2D eigenvalue weighted by molar-refractivity contribution is 7.92. The third-order valence-electron chi connectivity index (χ3n) is 7.48. The molecule has 1 saturated carbocycles. The monoisotopic (exact) mass is 614 g/mol. The van der Waals surface area contributed by atoms with Gasteiger partial charge in [-0.3, -0.25) is 4.79 Å². The van der Waals surface area contributed by atoms with Crippen LogP contribution in [-0.2, 0) is 19.4 Å². The van der Waals surface area contributed by atoms with E-state index in [9.17, 15) is 17.6 Å². The van der Waals surface area contributed by atoms with Gasteiger partial charge in [0.25, 0.3) is 5.91 Å². The summed E-state index contributed by atoms with van der Waals surface area (Å²) in [4.78, 5) is 16.1. The van der Waals surface area contributed by atoms with Crippen LogP contribution in [0.2, 0.25) is 10.0 Å². The number of thiocarbonyl (C=S) groups is 1. The van der Waals surface area contributed by atoms with Gasteiger partial charge < -0.3 is 15.4 Å². The van der Waals surface area contributed by atoms with Crippen molar-refractivity contribution < 1.29 is 22.3 Å². The molecule has 6 nitrogen and oxygen atoms in total. The second kappa shape index (κ2) is 10.9. The molecule has 1 aliphatic heterocycles. The van der Waals surface area contributed by atoms with E-state index < -0.39 is 50.1 Å². The molecule has 4 atom stereocenters. The fraction of sp³-hybridized carbons (Fsp3) is 0.500. The number of nitrogens with two attached hydrogens (primary N) is 1. The molecule has 2 aromatic rings. The van der Waals surface area contributed by atoms with Gasteiger partial charge in [-0.15, -0.1) is 0 Å². The highest BCUT2D eigenvalue weighted by atomic mass is 35.5. The van der Waals surface area contributed by atoms with Crippen molar-refractivity contribution in [2.75, 3.05) is 5.75 Å². The Hall–Kier alpha value is -1.78. The van der Waals surface area contributed by atoms with E-state index in [4.69, 9.17) is 45.9 Å². The molecule has 1 aliphatic carbocycles. The van der Waals surface area contributed by atoms with Crippen LogP contribution in [0.4, 0.5) is 4.39 Å². The number of hydrogen-bond donors (Lipinski definition) is 1. The SMILES string of the molecule is CC(C)(C)S(=O)(=O)CC(C1CC1)N1C(=O)[C@](C)(CC(N)=S)O[C@H](c2cccc(Cl)c2)C1c1ccc(Cl)c(F)c1. The average molecular weight is 616 g/mol. The number of hydrogen-bond acceptors (Lipinski definition) is 5. The fourth-order valence-corrected chi connectivity index (χ4v) is 7.09. The lowest BCUT2D eigenvalue weighted by molar-refractivity contribution is -0.201. The van der Waals surface area contributed by atoms with Gasteiger partial charge in [0.15, 0.2) is 15.4 Å². The van der Waals surface area contributed by atoms with Crippen molar-refractivity contribution in [3.05, 3.63) is 69.5 Å². The van der Waals surface area contributed by atoms with Crippen molar-refractivity contribution in [2.45, 2.75) is 75.5 Å². The molecule has 1 saturated heterocycles. The second-order valence-corrected chi connectivity index (χ2v) is 15.8. The minimum absolute atomic E-state index is 0.0436. The standard InChI is InChI=1S/C28H33Cl2FN2O4S2/c1-27(2,3)39(35,36)15-22(16-8-9-16)33-24(17-10-11-20(30)21(31)13-17)25(18-6-5-7-19(29)12-18)37-28(4,26(33)34)14-23(32)38/h5-7,10-13,16,22,24-25H,8-9,14-15H2,1-4H3,(H2,32,38)/t22?,24?,25-,28+/m1/s1. The number of carbonyl (C=O) groups excluding carboxylic acids is 1. The van der Waals surface area contributed by atoms with Crippen LogP contribution in [0.1, 0.15) is 70.2 Å². The Bertz CT molecular complexity index is 1390. The van der Waals surface area contributed by atoms with Gasteiger partial charge in [-0.25, -0.2) is 12.8 Å². The molecule has 2 aliphatic rings. The summed E-state index contributed by atoms with van der Waals surface area (Å²) in [6.07, 6.45) is 0.648. The average Bonchev–Trinajstić information content (AvgIpc) is 3.65. The van der Waals surface area contributed by atoms with Gasteiger partial charge in [-0.1, -0.05) is 53.6 Å². The third kappa shape index (κ3) is 6.27. The van der Waals surface area contributed by atoms with Crippen molar-refractivity contribution in [3.8, 4) is 0 Å². The summed E-state index contributed by atoms with van der Waals surface area (Å²) in [6, 6.07) is 9.78. The number of morpholine rings is 1. The third-order valence-corrected chi connectivity index (χ3v) is 10.8. The van der Waals surface area contributed by atoms with Crippen LogP contribution in [-0.4, -0.2) is 46.4 Å². The maximum atomic E-state index is 14.8. The lowest BCUT2D eigenvalue weighted by Gasteiger charge is -2.52. The Balaban J connectivity index is 1.97. The van der Waals surface area contributed by atoms with Gasteiger partial charge in [0.1, 0.15) is 11.9 Å². The first kappa shape index (κ1) is 30.2. The van der Waals surface area contributed by atoms with Crippen molar-refractivity contribution in [1.82, 2.24) is 4.90 Å². The van der Waals surface area contributed by atoms with Gasteiger partial charge in [0.2, 0.25) is 0 Å². The lowest BCUT2D eigenvalue weighted by Crippen LogP contribution is -2.62. The number of amides is 1. The summed E-state index contributed by atoms with van der Waals surface area (Å²) in [5, 5.41) is 0.380. The van der Waals surface area contributed by atoms with Crippen LogP contribution in [0.5, 0.6) is 0 Å². The van der Waals surface area contributed by atoms with E-state index in [1.807, 2.05) is 6.07 Å². The maximum Gasteiger partial charge on any atom is 0.255 e. The second-order valence-electron chi connectivity index (χ2n) is 11.6. The minimum Gasteiger partial charge on any atom is -0.393 e. The normalized spacial score (nSPS) is 25.0. The minimum atomic E-state index is -3.65. The van der Waals surface area contributed by atoms with Gasteiger partial charge in [0, 0.05) is 17.5 Å². The summed E-state index contributed by atoms with van der Waals surface area (Å²) in [7, 11) is -3.65. The van der Waals surface area contributed by atoms with E-state index in [1.54, 1.807) is 56.9 Å². The Morgan fingerprint density at radius 1 is 1.21 bits per heavy atom. The summed E-state index contributed by atoms with van der Waals surface area (Å²) >= 11 is 17.5. The van der Waals surface area contributed by atoms with Gasteiger partial charge >= 0.3 is 0 Å².